The van der Waals surface area contributed by atoms with Gasteiger partial charge in [-0.15, -0.1) is 12.3 Å². The van der Waals surface area contributed by atoms with Crippen LogP contribution in [0.1, 0.15) is 228 Å². The number of rotatable bonds is 26. The number of pyridine rings is 1. The first-order chi connectivity index (χ1) is 40.6. The van der Waals surface area contributed by atoms with Crippen LogP contribution in [0.2, 0.25) is 0 Å². The molecule has 4 aliphatic rings. The highest BCUT2D eigenvalue weighted by Gasteiger charge is 2.40. The second-order valence-electron chi connectivity index (χ2n) is 26.1. The summed E-state index contributed by atoms with van der Waals surface area (Å²) < 4.78 is 17.8. The lowest BCUT2D eigenvalue weighted by Gasteiger charge is -2.33. The van der Waals surface area contributed by atoms with Crippen LogP contribution in [0.25, 0.3) is 33.3 Å². The molecule has 472 valence electrons. The first-order valence-corrected chi connectivity index (χ1v) is 33.4. The maximum Gasteiger partial charge on any atom is 0.238 e. The van der Waals surface area contributed by atoms with Crippen LogP contribution in [0.4, 0.5) is 4.39 Å². The molecule has 0 radical (unpaired) electrons. The van der Waals surface area contributed by atoms with E-state index in [1.165, 1.54) is 53.4 Å². The third kappa shape index (κ3) is 21.9. The van der Waals surface area contributed by atoms with Crippen molar-refractivity contribution in [2.75, 3.05) is 39.8 Å². The molecule has 2 amide bonds. The number of likely N-dealkylation sites (tertiary alicyclic amines) is 1. The van der Waals surface area contributed by atoms with Gasteiger partial charge in [-0.2, -0.15) is 0 Å². The van der Waals surface area contributed by atoms with Gasteiger partial charge < -0.3 is 24.9 Å². The predicted molar refractivity (Wildman–Crippen MR) is 355 cm³/mol. The molecule has 2 aromatic heterocycles. The van der Waals surface area contributed by atoms with Crippen LogP contribution < -0.4 is 10.6 Å². The number of unbranched alkanes of at least 4 members (excludes halogenated alkanes) is 2. The lowest BCUT2D eigenvalue weighted by atomic mass is 9.81. The number of hydrogen-bond acceptors (Lipinski definition) is 7. The number of carbonyl (C=O) groups is 4. The van der Waals surface area contributed by atoms with Crippen molar-refractivity contribution in [1.29, 1.82) is 0 Å². The maximum absolute atomic E-state index is 15.3. The van der Waals surface area contributed by atoms with E-state index in [1.807, 2.05) is 57.1 Å². The van der Waals surface area contributed by atoms with Gasteiger partial charge >= 0.3 is 0 Å². The lowest BCUT2D eigenvalue weighted by Crippen LogP contribution is -2.53. The van der Waals surface area contributed by atoms with E-state index < -0.39 is 12.2 Å². The molecule has 2 N–H and O–H groups in total. The number of benzene rings is 2. The first kappa shape index (κ1) is 72.3. The number of alkyl halides is 1. The van der Waals surface area contributed by atoms with Gasteiger partial charge in [0.05, 0.1) is 23.5 Å². The van der Waals surface area contributed by atoms with Gasteiger partial charge in [0.1, 0.15) is 18.2 Å². The van der Waals surface area contributed by atoms with Crippen LogP contribution in [0, 0.1) is 53.3 Å². The van der Waals surface area contributed by atoms with Crippen LogP contribution in [0.3, 0.4) is 0 Å². The summed E-state index contributed by atoms with van der Waals surface area (Å²) in [6.45, 7) is 36.3. The number of hydrogen-bond donors (Lipinski definition) is 2. The van der Waals surface area contributed by atoms with E-state index in [4.69, 9.17) is 11.4 Å². The molecule has 10 nitrogen and oxygen atoms in total. The minimum absolute atomic E-state index is 0.0574. The molecule has 11 heteroatoms. The molecule has 6 atom stereocenters. The predicted octanol–water partition coefficient (Wildman–Crippen LogP) is 16.6. The Bertz CT molecular complexity index is 2720. The van der Waals surface area contributed by atoms with E-state index in [0.717, 1.165) is 143 Å². The Labute approximate surface area is 515 Å². The summed E-state index contributed by atoms with van der Waals surface area (Å²) in [5.74, 6) is 7.25. The van der Waals surface area contributed by atoms with E-state index in [1.54, 1.807) is 20.8 Å². The zero-order valence-electron chi connectivity index (χ0n) is 56.0. The average molecular weight is 1170 g/mol. The van der Waals surface area contributed by atoms with E-state index in [-0.39, 0.29) is 41.5 Å². The van der Waals surface area contributed by atoms with Crippen molar-refractivity contribution >= 4 is 34.8 Å². The number of aldehydes is 1. The molecule has 3 aliphatic carbocycles. The summed E-state index contributed by atoms with van der Waals surface area (Å²) in [5.41, 5.74) is 9.23. The van der Waals surface area contributed by atoms with Gasteiger partial charge in [0.25, 0.3) is 0 Å². The lowest BCUT2D eigenvalue weighted by molar-refractivity contribution is -0.131. The Morgan fingerprint density at radius 1 is 0.894 bits per heavy atom. The summed E-state index contributed by atoms with van der Waals surface area (Å²) in [7, 11) is 1.95. The number of terminal acetylenes is 1. The van der Waals surface area contributed by atoms with Crippen molar-refractivity contribution in [2.45, 2.75) is 237 Å². The largest absolute Gasteiger partial charge is 0.345 e. The number of aromatic nitrogens is 2. The van der Waals surface area contributed by atoms with E-state index >= 15 is 4.39 Å². The minimum Gasteiger partial charge on any atom is -0.345 e. The standard InChI is InChI=1S/C51H70FN5O3.C9H18.C7H13N.C5H8O.C2H6/c1-10-51(8,9)29-45-44-28-39(19-20-46(44)57(12-3)49(45)43-18-15-22-53-47(43)33(4)5)41-25-37(24-40(27-41)34(6)52)26-42(32-58)54-50(60)48(38-16-13-14-17-38)56-23-21-36(31-56)30-55(11-2)35(7)59;1-4-7(2)8(3)9-5-6-9;1-3-4-5-6-7-8-2;1-4(6)5-2-3-5;1-2/h15,18-20,22,24-25,27-28,32-34,36,38,42,48H,10-14,16-17,21,23,26,29-31H2,1-9H3,(H,54,60);7-9H,4-6H2,1-3H3;1,8H,4-7H2,2H3;5H,2-3H2,1H3;1-2H3. The molecule has 3 heterocycles. The topological polar surface area (TPSA) is 117 Å². The molecule has 0 spiro atoms. The Morgan fingerprint density at radius 3 is 2.12 bits per heavy atom. The molecule has 2 aromatic carbocycles. The number of nitrogens with zero attached hydrogens (tertiary/aromatic N) is 4. The number of aryl methyl sites for hydroxylation is 1. The second kappa shape index (κ2) is 36.2. The van der Waals surface area contributed by atoms with Gasteiger partial charge in [0.15, 0.2) is 0 Å². The fourth-order valence-electron chi connectivity index (χ4n) is 12.5. The monoisotopic (exact) mass is 1170 g/mol. The molecule has 8 rings (SSSR count). The van der Waals surface area contributed by atoms with Gasteiger partial charge in [0.2, 0.25) is 11.8 Å². The molecule has 3 saturated carbocycles. The quantitative estimate of drug-likeness (QED) is 0.0365. The molecular formula is C74H115FN6O4. The molecule has 6 unspecified atom stereocenters. The van der Waals surface area contributed by atoms with Crippen LogP contribution in [0.5, 0.6) is 0 Å². The highest BCUT2D eigenvalue weighted by atomic mass is 19.1. The Balaban J connectivity index is 0.000000510. The normalized spacial score (nSPS) is 17.7. The molecule has 1 saturated heterocycles. The zero-order valence-corrected chi connectivity index (χ0v) is 56.0. The number of ketones is 1. The summed E-state index contributed by atoms with van der Waals surface area (Å²) in [5, 5.41) is 7.40. The summed E-state index contributed by atoms with van der Waals surface area (Å²) >= 11 is 0. The number of fused-ring (bicyclic) bond motifs is 1. The second-order valence-corrected chi connectivity index (χ2v) is 26.1. The van der Waals surface area contributed by atoms with Crippen LogP contribution in [-0.2, 0) is 38.6 Å². The van der Waals surface area contributed by atoms with Gasteiger partial charge in [-0.1, -0.05) is 113 Å². The van der Waals surface area contributed by atoms with Crippen molar-refractivity contribution in [2.24, 2.45) is 40.9 Å². The third-order valence-electron chi connectivity index (χ3n) is 18.7. The van der Waals surface area contributed by atoms with Crippen molar-refractivity contribution < 1.29 is 23.6 Å². The summed E-state index contributed by atoms with van der Waals surface area (Å²) in [4.78, 5) is 58.5. The average Bonchev–Trinajstić information content (AvgIpc) is 3.35. The van der Waals surface area contributed by atoms with Gasteiger partial charge in [-0.05, 0) is 218 Å². The van der Waals surface area contributed by atoms with E-state index in [9.17, 15) is 19.2 Å². The number of amides is 2. The fraction of sp³-hybridized carbons (Fsp3) is 0.662. The fourth-order valence-corrected chi connectivity index (χ4v) is 12.5. The smallest absolute Gasteiger partial charge is 0.238 e. The molecule has 0 bridgehead atoms. The van der Waals surface area contributed by atoms with Crippen molar-refractivity contribution in [3.05, 3.63) is 77.1 Å². The van der Waals surface area contributed by atoms with Crippen LogP contribution >= 0.6 is 0 Å². The van der Waals surface area contributed by atoms with Gasteiger partial charge in [0, 0.05) is 68.1 Å². The number of carbonyl (C=O) groups excluding carboxylic acids is 4. The van der Waals surface area contributed by atoms with Gasteiger partial charge in [-0.3, -0.25) is 24.3 Å². The van der Waals surface area contributed by atoms with E-state index in [2.05, 4.69) is 119 Å². The Hall–Kier alpha value is -5.18. The molecule has 4 fully saturated rings. The van der Waals surface area contributed by atoms with E-state index in [0.29, 0.717) is 36.3 Å². The van der Waals surface area contributed by atoms with Crippen LogP contribution in [0.15, 0.2) is 54.7 Å². The zero-order chi connectivity index (χ0) is 63.0. The summed E-state index contributed by atoms with van der Waals surface area (Å²) in [6.07, 6.45) is 23.8. The summed E-state index contributed by atoms with van der Waals surface area (Å²) in [6, 6.07) is 15.6. The third-order valence-corrected chi connectivity index (χ3v) is 18.7. The first-order valence-electron chi connectivity index (χ1n) is 33.4. The van der Waals surface area contributed by atoms with Gasteiger partial charge in [-0.25, -0.2) is 4.39 Å². The van der Waals surface area contributed by atoms with Crippen molar-refractivity contribution in [3.63, 3.8) is 0 Å². The highest BCUT2D eigenvalue weighted by Crippen LogP contribution is 2.43. The van der Waals surface area contributed by atoms with Crippen molar-refractivity contribution in [3.8, 4) is 34.7 Å². The molecule has 85 heavy (non-hydrogen) atoms. The Morgan fingerprint density at radius 2 is 1.59 bits per heavy atom. The number of nitrogens with one attached hydrogen (secondary N) is 2. The number of Topliss-reactive ketones (excluding diaryl/α,β-unsaturated/α-hetero) is 1. The molecular weight excluding hydrogens is 1060 g/mol. The highest BCUT2D eigenvalue weighted by molar-refractivity contribution is 5.95. The number of halogens is 1. The maximum atomic E-state index is 15.3. The van der Waals surface area contributed by atoms with Crippen LogP contribution in [-0.4, -0.2) is 95.1 Å². The molecule has 4 aromatic rings. The minimum atomic E-state index is -1.22. The SMILES string of the molecule is C#CCCCCNC.CC.CC(=O)C1CC1.CCC(C)C(C)C1CC1.CCN(CC1CCN(C(C(=O)NC(C=O)Cc2cc(-c3ccc4c(c3)c(CC(C)(C)CC)c(-c3cccnc3C(C)C)n4CC)cc(C(C)F)c2)C2CCCC2)C1)C(C)=O. The molecule has 1 aliphatic heterocycles. The van der Waals surface area contributed by atoms with Crippen molar-refractivity contribution in [1.82, 2.24) is 30.0 Å². The Kier molecular flexibility index (Phi) is 30.8.